The smallest absolute Gasteiger partial charge is 0.335 e. The second-order valence-electron chi connectivity index (χ2n) is 4.58. The first-order valence-corrected chi connectivity index (χ1v) is 6.37. The topological polar surface area (TPSA) is 142 Å². The van der Waals surface area contributed by atoms with Crippen molar-refractivity contribution >= 4 is 23.4 Å². The molecule has 0 spiro atoms. The standard InChI is InChI=1S/C13H13N5O5/c1-7-10(18(22)23)11(17(2)16-7)14-15-12(19)8-5-3-4-6-9(8)13(20)21/h3-6,14H,1-2H3,(H,15,19)(H,20,21)/p-1. The van der Waals surface area contributed by atoms with E-state index in [4.69, 9.17) is 0 Å². The number of rotatable bonds is 5. The van der Waals surface area contributed by atoms with Crippen molar-refractivity contribution in [2.24, 2.45) is 7.05 Å². The van der Waals surface area contributed by atoms with Crippen LogP contribution in [0.4, 0.5) is 11.5 Å². The van der Waals surface area contributed by atoms with Crippen molar-refractivity contribution < 1.29 is 19.6 Å². The van der Waals surface area contributed by atoms with Crippen molar-refractivity contribution in [1.82, 2.24) is 15.2 Å². The SMILES string of the molecule is Cc1nn(C)c(NNC(=O)c2ccccc2C(=O)[O-])c1[N+](=O)[O-]. The van der Waals surface area contributed by atoms with Gasteiger partial charge in [0.15, 0.2) is 0 Å². The van der Waals surface area contributed by atoms with Gasteiger partial charge >= 0.3 is 5.69 Å². The molecule has 0 fully saturated rings. The number of aromatic carboxylic acids is 1. The Bertz CT molecular complexity index is 798. The van der Waals surface area contributed by atoms with Crippen LogP contribution in [0.1, 0.15) is 26.4 Å². The molecule has 1 aromatic heterocycles. The summed E-state index contributed by atoms with van der Waals surface area (Å²) in [7, 11) is 1.46. The first-order valence-electron chi connectivity index (χ1n) is 6.37. The van der Waals surface area contributed by atoms with E-state index >= 15 is 0 Å². The summed E-state index contributed by atoms with van der Waals surface area (Å²) < 4.78 is 1.19. The molecule has 0 saturated heterocycles. The molecule has 10 heteroatoms. The maximum atomic E-state index is 12.1. The Morgan fingerprint density at radius 2 is 1.87 bits per heavy atom. The van der Waals surface area contributed by atoms with E-state index in [0.717, 1.165) is 0 Å². The van der Waals surface area contributed by atoms with Crippen LogP contribution in [-0.4, -0.2) is 26.6 Å². The van der Waals surface area contributed by atoms with E-state index in [1.165, 1.54) is 42.9 Å². The van der Waals surface area contributed by atoms with Gasteiger partial charge in [-0.25, -0.2) is 4.68 Å². The van der Waals surface area contributed by atoms with Gasteiger partial charge in [0.05, 0.1) is 16.5 Å². The lowest BCUT2D eigenvalue weighted by Gasteiger charge is -2.11. The third kappa shape index (κ3) is 3.10. The lowest BCUT2D eigenvalue weighted by atomic mass is 10.1. The summed E-state index contributed by atoms with van der Waals surface area (Å²) in [5, 5.41) is 25.9. The van der Waals surface area contributed by atoms with Gasteiger partial charge in [0.2, 0.25) is 5.82 Å². The van der Waals surface area contributed by atoms with Crippen LogP contribution in [0.5, 0.6) is 0 Å². The summed E-state index contributed by atoms with van der Waals surface area (Å²) in [4.78, 5) is 33.5. The summed E-state index contributed by atoms with van der Waals surface area (Å²) in [5.41, 5.74) is 4.06. The number of hydrazine groups is 1. The van der Waals surface area contributed by atoms with Crippen molar-refractivity contribution in [1.29, 1.82) is 0 Å². The van der Waals surface area contributed by atoms with Gasteiger partial charge in [-0.15, -0.1) is 0 Å². The summed E-state index contributed by atoms with van der Waals surface area (Å²) in [6.45, 7) is 1.45. The Balaban J connectivity index is 2.24. The fraction of sp³-hybridized carbons (Fsp3) is 0.154. The number of benzene rings is 1. The monoisotopic (exact) mass is 318 g/mol. The fourth-order valence-electron chi connectivity index (χ4n) is 2.05. The van der Waals surface area contributed by atoms with Crippen molar-refractivity contribution in [3.63, 3.8) is 0 Å². The highest BCUT2D eigenvalue weighted by Crippen LogP contribution is 2.26. The summed E-state index contributed by atoms with van der Waals surface area (Å²) in [5.74, 6) is -2.32. The van der Waals surface area contributed by atoms with Gasteiger partial charge in [-0.1, -0.05) is 18.2 Å². The Morgan fingerprint density at radius 3 is 2.43 bits per heavy atom. The first-order chi connectivity index (χ1) is 10.8. The minimum Gasteiger partial charge on any atom is -0.545 e. The average molecular weight is 318 g/mol. The first kappa shape index (κ1) is 15.9. The Morgan fingerprint density at radius 1 is 1.26 bits per heavy atom. The van der Waals surface area contributed by atoms with Gasteiger partial charge in [-0.05, 0) is 13.0 Å². The van der Waals surface area contributed by atoms with Crippen LogP contribution in [0.15, 0.2) is 24.3 Å². The van der Waals surface area contributed by atoms with Gasteiger partial charge in [0, 0.05) is 12.6 Å². The average Bonchev–Trinajstić information content (AvgIpc) is 2.78. The molecular formula is C13H12N5O5-. The van der Waals surface area contributed by atoms with Crippen LogP contribution in [-0.2, 0) is 7.05 Å². The molecule has 0 bridgehead atoms. The number of anilines is 1. The summed E-state index contributed by atoms with van der Waals surface area (Å²) in [6, 6.07) is 5.45. The molecule has 1 amide bonds. The molecule has 0 aliphatic carbocycles. The van der Waals surface area contributed by atoms with E-state index in [1.54, 1.807) is 0 Å². The second kappa shape index (κ2) is 6.13. The predicted octanol–water partition coefficient (Wildman–Crippen LogP) is -0.243. The number of nitrogens with one attached hydrogen (secondary N) is 2. The number of nitro groups is 1. The number of nitrogens with zero attached hydrogens (tertiary/aromatic N) is 3. The summed E-state index contributed by atoms with van der Waals surface area (Å²) in [6.07, 6.45) is 0. The maximum Gasteiger partial charge on any atom is 0.335 e. The Kier molecular flexibility index (Phi) is 4.25. The predicted molar refractivity (Wildman–Crippen MR) is 76.5 cm³/mol. The molecule has 2 N–H and O–H groups in total. The highest BCUT2D eigenvalue weighted by molar-refractivity contribution is 6.04. The Labute approximate surface area is 129 Å². The number of carboxylic acids is 1. The minimum atomic E-state index is -1.50. The van der Waals surface area contributed by atoms with E-state index in [1.807, 2.05) is 0 Å². The van der Waals surface area contributed by atoms with Crippen LogP contribution in [0.3, 0.4) is 0 Å². The molecule has 1 aromatic carbocycles. The zero-order valence-electron chi connectivity index (χ0n) is 12.2. The normalized spacial score (nSPS) is 10.2. The van der Waals surface area contributed by atoms with Gasteiger partial charge < -0.3 is 9.90 Å². The third-order valence-electron chi connectivity index (χ3n) is 3.06. The van der Waals surface area contributed by atoms with Crippen molar-refractivity contribution in [3.05, 3.63) is 51.2 Å². The zero-order valence-corrected chi connectivity index (χ0v) is 12.2. The molecule has 0 aliphatic rings. The number of aromatic nitrogens is 2. The lowest BCUT2D eigenvalue weighted by molar-refractivity contribution is -0.384. The van der Waals surface area contributed by atoms with Gasteiger partial charge in [-0.3, -0.25) is 25.8 Å². The molecule has 0 radical (unpaired) electrons. The fourth-order valence-corrected chi connectivity index (χ4v) is 2.05. The number of carbonyl (C=O) groups is 2. The molecule has 10 nitrogen and oxygen atoms in total. The van der Waals surface area contributed by atoms with Crippen LogP contribution in [0.25, 0.3) is 0 Å². The molecule has 23 heavy (non-hydrogen) atoms. The molecule has 0 unspecified atom stereocenters. The van der Waals surface area contributed by atoms with E-state index in [0.29, 0.717) is 0 Å². The number of hydrogen-bond acceptors (Lipinski definition) is 7. The molecule has 2 rings (SSSR count). The molecule has 120 valence electrons. The van der Waals surface area contributed by atoms with E-state index in [-0.39, 0.29) is 28.3 Å². The number of hydrogen-bond donors (Lipinski definition) is 2. The highest BCUT2D eigenvalue weighted by atomic mass is 16.6. The highest BCUT2D eigenvalue weighted by Gasteiger charge is 2.24. The Hall–Kier alpha value is -3.43. The quantitative estimate of drug-likeness (QED) is 0.572. The molecule has 0 saturated carbocycles. The van der Waals surface area contributed by atoms with Gasteiger partial charge in [0.1, 0.15) is 5.69 Å². The molecule has 2 aromatic rings. The number of carbonyl (C=O) groups excluding carboxylic acids is 2. The van der Waals surface area contributed by atoms with Gasteiger partial charge in [-0.2, -0.15) is 5.10 Å². The van der Waals surface area contributed by atoms with E-state index in [9.17, 15) is 24.8 Å². The molecule has 0 aliphatic heterocycles. The van der Waals surface area contributed by atoms with E-state index in [2.05, 4.69) is 16.0 Å². The molecule has 0 atom stereocenters. The third-order valence-corrected chi connectivity index (χ3v) is 3.06. The van der Waals surface area contributed by atoms with Crippen LogP contribution >= 0.6 is 0 Å². The minimum absolute atomic E-state index is 0.0354. The summed E-state index contributed by atoms with van der Waals surface area (Å²) >= 11 is 0. The van der Waals surface area contributed by atoms with Crippen LogP contribution in [0, 0.1) is 17.0 Å². The van der Waals surface area contributed by atoms with Crippen LogP contribution < -0.4 is 16.0 Å². The number of carboxylic acid groups (broad SMARTS) is 1. The molecular weight excluding hydrogens is 306 g/mol. The van der Waals surface area contributed by atoms with E-state index < -0.39 is 16.8 Å². The van der Waals surface area contributed by atoms with Gasteiger partial charge in [0.25, 0.3) is 5.91 Å². The number of amides is 1. The maximum absolute atomic E-state index is 12.1. The zero-order chi connectivity index (χ0) is 17.1. The van der Waals surface area contributed by atoms with Crippen LogP contribution in [0.2, 0.25) is 0 Å². The van der Waals surface area contributed by atoms with Crippen molar-refractivity contribution in [2.75, 3.05) is 5.43 Å². The molecule has 1 heterocycles. The van der Waals surface area contributed by atoms with Crippen molar-refractivity contribution in [2.45, 2.75) is 6.92 Å². The second-order valence-corrected chi connectivity index (χ2v) is 4.58. The lowest BCUT2D eigenvalue weighted by Crippen LogP contribution is -2.33. The van der Waals surface area contributed by atoms with Crippen molar-refractivity contribution in [3.8, 4) is 0 Å². The largest absolute Gasteiger partial charge is 0.545 e. The number of aryl methyl sites for hydroxylation is 2.